The molecule has 3 heterocycles. The lowest BCUT2D eigenvalue weighted by Crippen LogP contribution is -2.49. The van der Waals surface area contributed by atoms with Gasteiger partial charge in [-0.15, -0.1) is 0 Å². The molecule has 0 unspecified atom stereocenters. The molecule has 0 radical (unpaired) electrons. The minimum atomic E-state index is -0.332. The predicted octanol–water partition coefficient (Wildman–Crippen LogP) is 2.56. The van der Waals surface area contributed by atoms with E-state index in [2.05, 4.69) is 20.7 Å². The number of fused-ring (bicyclic) bond motifs is 1. The van der Waals surface area contributed by atoms with Crippen molar-refractivity contribution in [2.24, 2.45) is 0 Å². The standard InChI is InChI=1S/C20H22N6O2/c1-13-2-3-22-11-16(13)14-8-15-10-19(23-12-17(15)18(21)9-14)24-20(27)25-26-4-6-28-7-5-26/h2-3,8-12H,4-7,21H2,1H3,(H2,23,24,25,27). The fourth-order valence-electron chi connectivity index (χ4n) is 3.24. The third-order valence-corrected chi connectivity index (χ3v) is 4.73. The molecule has 0 aliphatic carbocycles. The van der Waals surface area contributed by atoms with E-state index in [9.17, 15) is 4.79 Å². The Bertz CT molecular complexity index is 1020. The summed E-state index contributed by atoms with van der Waals surface area (Å²) in [6, 6.07) is 7.40. The van der Waals surface area contributed by atoms with Crippen LogP contribution in [0.3, 0.4) is 0 Å². The van der Waals surface area contributed by atoms with E-state index in [1.807, 2.05) is 42.4 Å². The van der Waals surface area contributed by atoms with Crippen molar-refractivity contribution in [2.75, 3.05) is 37.4 Å². The van der Waals surface area contributed by atoms with Gasteiger partial charge in [0.1, 0.15) is 5.82 Å². The molecule has 1 fully saturated rings. The second-order valence-electron chi connectivity index (χ2n) is 6.71. The Morgan fingerprint density at radius 3 is 2.82 bits per heavy atom. The second kappa shape index (κ2) is 7.79. The molecule has 28 heavy (non-hydrogen) atoms. The van der Waals surface area contributed by atoms with E-state index < -0.39 is 0 Å². The van der Waals surface area contributed by atoms with Crippen molar-refractivity contribution in [1.29, 1.82) is 0 Å². The van der Waals surface area contributed by atoms with Crippen LogP contribution in [0.25, 0.3) is 21.9 Å². The molecule has 0 spiro atoms. The quantitative estimate of drug-likeness (QED) is 0.605. The molecule has 1 aromatic carbocycles. The van der Waals surface area contributed by atoms with Crippen LogP contribution in [0, 0.1) is 6.92 Å². The molecule has 4 rings (SSSR count). The number of hydrazine groups is 1. The maximum Gasteiger partial charge on any atom is 0.334 e. The van der Waals surface area contributed by atoms with E-state index in [4.69, 9.17) is 10.5 Å². The molecule has 8 nitrogen and oxygen atoms in total. The molecular weight excluding hydrogens is 356 g/mol. The summed E-state index contributed by atoms with van der Waals surface area (Å²) in [6.07, 6.45) is 5.27. The van der Waals surface area contributed by atoms with E-state index in [1.54, 1.807) is 12.4 Å². The summed E-state index contributed by atoms with van der Waals surface area (Å²) in [4.78, 5) is 20.8. The highest BCUT2D eigenvalue weighted by atomic mass is 16.5. The van der Waals surface area contributed by atoms with Crippen molar-refractivity contribution in [2.45, 2.75) is 6.92 Å². The summed E-state index contributed by atoms with van der Waals surface area (Å²) in [6.45, 7) is 4.55. The molecule has 1 aliphatic heterocycles. The van der Waals surface area contributed by atoms with Gasteiger partial charge in [-0.2, -0.15) is 0 Å². The smallest absolute Gasteiger partial charge is 0.334 e. The van der Waals surface area contributed by atoms with Gasteiger partial charge < -0.3 is 10.5 Å². The van der Waals surface area contributed by atoms with Crippen molar-refractivity contribution in [3.63, 3.8) is 0 Å². The fourth-order valence-corrected chi connectivity index (χ4v) is 3.24. The van der Waals surface area contributed by atoms with Crippen molar-refractivity contribution in [3.05, 3.63) is 48.4 Å². The van der Waals surface area contributed by atoms with E-state index in [1.165, 1.54) is 0 Å². The molecule has 0 atom stereocenters. The molecule has 1 aliphatic rings. The number of nitrogens with one attached hydrogen (secondary N) is 2. The summed E-state index contributed by atoms with van der Waals surface area (Å²) in [5.74, 6) is 0.456. The second-order valence-corrected chi connectivity index (χ2v) is 6.71. The number of hydrogen-bond donors (Lipinski definition) is 3. The maximum absolute atomic E-state index is 12.2. The third kappa shape index (κ3) is 3.88. The van der Waals surface area contributed by atoms with Gasteiger partial charge in [0, 0.05) is 48.3 Å². The number of carbonyl (C=O) groups excluding carboxylic acids is 1. The number of carbonyl (C=O) groups is 1. The predicted molar refractivity (Wildman–Crippen MR) is 109 cm³/mol. The highest BCUT2D eigenvalue weighted by Gasteiger charge is 2.14. The van der Waals surface area contributed by atoms with Gasteiger partial charge in [-0.25, -0.2) is 14.8 Å². The first-order valence-electron chi connectivity index (χ1n) is 9.11. The monoisotopic (exact) mass is 378 g/mol. The average Bonchev–Trinajstić information content (AvgIpc) is 2.68. The third-order valence-electron chi connectivity index (χ3n) is 4.73. The van der Waals surface area contributed by atoms with E-state index in [0.29, 0.717) is 37.8 Å². The molecule has 4 N–H and O–H groups in total. The molecule has 2 aromatic heterocycles. The van der Waals surface area contributed by atoms with Crippen LogP contribution >= 0.6 is 0 Å². The zero-order valence-corrected chi connectivity index (χ0v) is 15.6. The van der Waals surface area contributed by atoms with Crippen LogP contribution in [-0.2, 0) is 4.74 Å². The van der Waals surface area contributed by atoms with Gasteiger partial charge in [-0.05, 0) is 47.7 Å². The number of aryl methyl sites for hydroxylation is 1. The number of nitrogens with zero attached hydrogens (tertiary/aromatic N) is 3. The number of rotatable bonds is 3. The Hall–Kier alpha value is -3.23. The number of morpholine rings is 1. The number of nitrogens with two attached hydrogens (primary N) is 1. The largest absolute Gasteiger partial charge is 0.398 e. The number of benzene rings is 1. The molecule has 2 amide bonds. The number of hydrogen-bond acceptors (Lipinski definition) is 6. The maximum atomic E-state index is 12.2. The molecule has 144 valence electrons. The zero-order valence-electron chi connectivity index (χ0n) is 15.6. The number of nitrogen functional groups attached to an aromatic ring is 1. The Kier molecular flexibility index (Phi) is 5.05. The van der Waals surface area contributed by atoms with Gasteiger partial charge >= 0.3 is 6.03 Å². The van der Waals surface area contributed by atoms with E-state index in [-0.39, 0.29) is 6.03 Å². The fraction of sp³-hybridized carbons (Fsp3) is 0.250. The lowest BCUT2D eigenvalue weighted by atomic mass is 9.99. The van der Waals surface area contributed by atoms with E-state index >= 15 is 0 Å². The number of anilines is 2. The number of amides is 2. The van der Waals surface area contributed by atoms with Crippen molar-refractivity contribution in [1.82, 2.24) is 20.4 Å². The summed E-state index contributed by atoms with van der Waals surface area (Å²) in [5, 5.41) is 6.33. The summed E-state index contributed by atoms with van der Waals surface area (Å²) >= 11 is 0. The highest BCUT2D eigenvalue weighted by Crippen LogP contribution is 2.31. The van der Waals surface area contributed by atoms with Gasteiger partial charge in [0.15, 0.2) is 0 Å². The Morgan fingerprint density at radius 1 is 1.21 bits per heavy atom. The van der Waals surface area contributed by atoms with Crippen LogP contribution in [0.4, 0.5) is 16.3 Å². The number of pyridine rings is 2. The SMILES string of the molecule is Cc1ccncc1-c1cc(N)c2cnc(NC(=O)NN3CCOCC3)cc2c1. The van der Waals surface area contributed by atoms with Gasteiger partial charge in [0.2, 0.25) is 0 Å². The minimum Gasteiger partial charge on any atom is -0.398 e. The first-order valence-corrected chi connectivity index (χ1v) is 9.11. The first-order chi connectivity index (χ1) is 13.6. The molecule has 8 heteroatoms. The average molecular weight is 378 g/mol. The lowest BCUT2D eigenvalue weighted by molar-refractivity contribution is 0.0207. The van der Waals surface area contributed by atoms with Crippen LogP contribution in [0.1, 0.15) is 5.56 Å². The van der Waals surface area contributed by atoms with Crippen molar-refractivity contribution < 1.29 is 9.53 Å². The summed E-state index contributed by atoms with van der Waals surface area (Å²) < 4.78 is 5.27. The first kappa shape index (κ1) is 18.1. The normalized spacial score (nSPS) is 14.8. The van der Waals surface area contributed by atoms with Crippen LogP contribution in [0.2, 0.25) is 0 Å². The molecule has 3 aromatic rings. The van der Waals surface area contributed by atoms with Crippen LogP contribution in [0.5, 0.6) is 0 Å². The number of ether oxygens (including phenoxy) is 1. The minimum absolute atomic E-state index is 0.332. The van der Waals surface area contributed by atoms with Crippen LogP contribution < -0.4 is 16.5 Å². The molecule has 1 saturated heterocycles. The van der Waals surface area contributed by atoms with Gasteiger partial charge in [0.25, 0.3) is 0 Å². The van der Waals surface area contributed by atoms with Crippen molar-refractivity contribution in [3.8, 4) is 11.1 Å². The Balaban J connectivity index is 1.59. The van der Waals surface area contributed by atoms with Gasteiger partial charge in [0.05, 0.1) is 13.2 Å². The summed E-state index contributed by atoms with van der Waals surface area (Å²) in [7, 11) is 0. The molecule has 0 saturated carbocycles. The van der Waals surface area contributed by atoms with E-state index in [0.717, 1.165) is 27.5 Å². The highest BCUT2D eigenvalue weighted by molar-refractivity contribution is 5.99. The molecule has 0 bridgehead atoms. The Labute approximate surface area is 162 Å². The molecular formula is C20H22N6O2. The summed E-state index contributed by atoms with van der Waals surface area (Å²) in [5.41, 5.74) is 12.8. The van der Waals surface area contributed by atoms with Gasteiger partial charge in [-0.1, -0.05) is 0 Å². The van der Waals surface area contributed by atoms with Gasteiger partial charge in [-0.3, -0.25) is 15.7 Å². The Morgan fingerprint density at radius 2 is 2.04 bits per heavy atom. The zero-order chi connectivity index (χ0) is 19.5. The number of aromatic nitrogens is 2. The number of urea groups is 1. The van der Waals surface area contributed by atoms with Crippen LogP contribution in [0.15, 0.2) is 42.9 Å². The topological polar surface area (TPSA) is 105 Å². The van der Waals surface area contributed by atoms with Crippen LogP contribution in [-0.4, -0.2) is 47.3 Å². The van der Waals surface area contributed by atoms with Crippen molar-refractivity contribution >= 4 is 28.3 Å². The lowest BCUT2D eigenvalue weighted by Gasteiger charge is -2.26.